The Labute approximate surface area is 132 Å². The maximum atomic E-state index is 10.6. The van der Waals surface area contributed by atoms with Gasteiger partial charge in [-0.3, -0.25) is 4.79 Å². The highest BCUT2D eigenvalue weighted by atomic mass is 35.5. The van der Waals surface area contributed by atoms with Gasteiger partial charge in [0.05, 0.1) is 0 Å². The number of Topliss-reactive ketones (excluding diaryl/α,β-unsaturated/α-hetero) is 1. The number of rotatable bonds is 1. The first-order valence-corrected chi connectivity index (χ1v) is 6.68. The van der Waals surface area contributed by atoms with E-state index in [4.69, 9.17) is 0 Å². The Bertz CT molecular complexity index is 221. The van der Waals surface area contributed by atoms with Crippen molar-refractivity contribution in [1.29, 1.82) is 0 Å². The third kappa shape index (κ3) is 10.6. The van der Waals surface area contributed by atoms with Gasteiger partial charge in [-0.25, -0.2) is 0 Å². The first-order valence-electron chi connectivity index (χ1n) is 6.68. The molecule has 0 saturated carbocycles. The van der Waals surface area contributed by atoms with E-state index in [1.807, 2.05) is 7.05 Å². The number of hydrogen-bond acceptors (Lipinski definition) is 4. The van der Waals surface area contributed by atoms with E-state index >= 15 is 0 Å². The average molecular weight is 310 g/mol. The fraction of sp³-hybridized carbons (Fsp3) is 0.933. The molecule has 0 unspecified atom stereocenters. The van der Waals surface area contributed by atoms with Crippen molar-refractivity contribution in [3.05, 3.63) is 0 Å². The van der Waals surface area contributed by atoms with Crippen molar-refractivity contribution in [2.24, 2.45) is 0 Å². The number of carbonyl (C=O) groups excluding carboxylic acids is 1. The highest BCUT2D eigenvalue weighted by Gasteiger charge is 2.13. The molecule has 0 aliphatic carbocycles. The van der Waals surface area contributed by atoms with Crippen LogP contribution >= 0.6 is 12.4 Å². The second-order valence-electron chi connectivity index (χ2n) is 5.21. The Hall–Kier alpha value is -0.160. The molecule has 2 rings (SSSR count). The molecule has 0 atom stereocenters. The largest absolute Gasteiger partial charge is 0.317 e. The smallest absolute Gasteiger partial charge is 0.135 e. The van der Waals surface area contributed by atoms with Gasteiger partial charge < -0.3 is 15.1 Å². The lowest BCUT2D eigenvalue weighted by molar-refractivity contribution is -0.121. The molecular formula is C15H36ClN3O. The molecule has 0 aromatic carbocycles. The minimum absolute atomic E-state index is 0. The van der Waals surface area contributed by atoms with Gasteiger partial charge in [-0.05, 0) is 47.1 Å². The molecule has 2 saturated heterocycles. The summed E-state index contributed by atoms with van der Waals surface area (Å²) in [5, 5.41) is 3.30. The van der Waals surface area contributed by atoms with Crippen molar-refractivity contribution in [1.82, 2.24) is 15.1 Å². The number of carbonyl (C=O) groups is 1. The standard InChI is InChI=1S/C7H16N2.C6H11NO.2CH4.ClH/c1-8-7-3-5-9(2)6-4-7;1-7-4-2-6(8)3-5-7;;;/h7-8H,3-6H2,1-2H3;2-5H2,1H3;2*1H4;1H. The summed E-state index contributed by atoms with van der Waals surface area (Å²) in [5.74, 6) is 0.420. The summed E-state index contributed by atoms with van der Waals surface area (Å²) in [6.07, 6.45) is 4.15. The van der Waals surface area contributed by atoms with Crippen LogP contribution in [0.5, 0.6) is 0 Å². The minimum atomic E-state index is 0. The molecular weight excluding hydrogens is 274 g/mol. The van der Waals surface area contributed by atoms with Gasteiger partial charge in [0.2, 0.25) is 0 Å². The van der Waals surface area contributed by atoms with Crippen LogP contribution in [0.3, 0.4) is 0 Å². The Morgan fingerprint density at radius 2 is 1.35 bits per heavy atom. The van der Waals surface area contributed by atoms with Crippen molar-refractivity contribution < 1.29 is 4.79 Å². The maximum Gasteiger partial charge on any atom is 0.135 e. The number of piperidine rings is 2. The number of likely N-dealkylation sites (tertiary alicyclic amines) is 2. The molecule has 2 aliphatic heterocycles. The summed E-state index contributed by atoms with van der Waals surface area (Å²) in [7, 11) is 6.29. The van der Waals surface area contributed by atoms with Gasteiger partial charge in [0, 0.05) is 32.0 Å². The molecule has 20 heavy (non-hydrogen) atoms. The van der Waals surface area contributed by atoms with Crippen molar-refractivity contribution in [2.45, 2.75) is 46.6 Å². The molecule has 0 radical (unpaired) electrons. The molecule has 0 spiro atoms. The van der Waals surface area contributed by atoms with E-state index in [1.54, 1.807) is 0 Å². The van der Waals surface area contributed by atoms with E-state index in [1.165, 1.54) is 25.9 Å². The molecule has 0 bridgehead atoms. The first kappa shape index (κ1) is 24.8. The molecule has 0 amide bonds. The second-order valence-corrected chi connectivity index (χ2v) is 5.21. The average Bonchev–Trinajstić information content (AvgIpc) is 2.35. The highest BCUT2D eigenvalue weighted by Crippen LogP contribution is 2.06. The van der Waals surface area contributed by atoms with Gasteiger partial charge in [-0.1, -0.05) is 14.9 Å². The Kier molecular flexibility index (Phi) is 17.1. The molecule has 0 aromatic heterocycles. The van der Waals surface area contributed by atoms with Crippen LogP contribution in [0.2, 0.25) is 0 Å². The third-order valence-electron chi connectivity index (χ3n) is 3.67. The van der Waals surface area contributed by atoms with E-state index in [0.717, 1.165) is 32.0 Å². The zero-order valence-corrected chi connectivity index (χ0v) is 12.8. The molecule has 2 aliphatic rings. The fourth-order valence-electron chi connectivity index (χ4n) is 2.17. The van der Waals surface area contributed by atoms with Crippen LogP contribution in [-0.4, -0.2) is 68.9 Å². The summed E-state index contributed by atoms with van der Waals surface area (Å²) >= 11 is 0. The summed E-state index contributed by atoms with van der Waals surface area (Å²) in [6, 6.07) is 0.779. The lowest BCUT2D eigenvalue weighted by Crippen LogP contribution is -2.39. The molecule has 2 fully saturated rings. The van der Waals surface area contributed by atoms with Gasteiger partial charge in [0.15, 0.2) is 0 Å². The molecule has 2 heterocycles. The van der Waals surface area contributed by atoms with Crippen molar-refractivity contribution in [3.63, 3.8) is 0 Å². The SMILES string of the molecule is C.C.CN1CCC(=O)CC1.CNC1CCN(C)CC1.Cl. The monoisotopic (exact) mass is 309 g/mol. The molecule has 124 valence electrons. The topological polar surface area (TPSA) is 35.6 Å². The van der Waals surface area contributed by atoms with Crippen molar-refractivity contribution >= 4 is 18.2 Å². The minimum Gasteiger partial charge on any atom is -0.317 e. The first-order chi connectivity index (χ1) is 8.11. The van der Waals surface area contributed by atoms with Gasteiger partial charge in [-0.15, -0.1) is 12.4 Å². The van der Waals surface area contributed by atoms with Gasteiger partial charge in [0.1, 0.15) is 5.78 Å². The van der Waals surface area contributed by atoms with Crippen LogP contribution in [0.25, 0.3) is 0 Å². The summed E-state index contributed by atoms with van der Waals surface area (Å²) in [4.78, 5) is 15.1. The summed E-state index contributed by atoms with van der Waals surface area (Å²) in [5.41, 5.74) is 0. The van der Waals surface area contributed by atoms with Crippen LogP contribution in [0.4, 0.5) is 0 Å². The molecule has 4 nitrogen and oxygen atoms in total. The van der Waals surface area contributed by atoms with E-state index in [9.17, 15) is 4.79 Å². The predicted octanol–water partition coefficient (Wildman–Crippen LogP) is 2.28. The Morgan fingerprint density at radius 1 is 0.950 bits per heavy atom. The van der Waals surface area contributed by atoms with E-state index in [-0.39, 0.29) is 27.3 Å². The van der Waals surface area contributed by atoms with Crippen LogP contribution in [0.1, 0.15) is 40.5 Å². The second kappa shape index (κ2) is 13.8. The predicted molar refractivity (Wildman–Crippen MR) is 92.0 cm³/mol. The van der Waals surface area contributed by atoms with Crippen molar-refractivity contribution in [2.75, 3.05) is 47.3 Å². The van der Waals surface area contributed by atoms with E-state index in [2.05, 4.69) is 29.2 Å². The highest BCUT2D eigenvalue weighted by molar-refractivity contribution is 5.85. The van der Waals surface area contributed by atoms with Crippen molar-refractivity contribution in [3.8, 4) is 0 Å². The van der Waals surface area contributed by atoms with Gasteiger partial charge in [-0.2, -0.15) is 0 Å². The zero-order chi connectivity index (χ0) is 12.7. The normalized spacial score (nSPS) is 20.6. The zero-order valence-electron chi connectivity index (χ0n) is 11.9. The van der Waals surface area contributed by atoms with Crippen LogP contribution in [0, 0.1) is 0 Å². The fourth-order valence-corrected chi connectivity index (χ4v) is 2.17. The quantitative estimate of drug-likeness (QED) is 0.806. The van der Waals surface area contributed by atoms with E-state index < -0.39 is 0 Å². The Morgan fingerprint density at radius 3 is 1.70 bits per heavy atom. The summed E-state index contributed by atoms with van der Waals surface area (Å²) < 4.78 is 0. The van der Waals surface area contributed by atoms with Crippen LogP contribution in [-0.2, 0) is 4.79 Å². The molecule has 1 N–H and O–H groups in total. The van der Waals surface area contributed by atoms with E-state index in [0.29, 0.717) is 5.78 Å². The number of nitrogens with one attached hydrogen (secondary N) is 1. The lowest BCUT2D eigenvalue weighted by atomic mass is 10.1. The number of ketones is 1. The van der Waals surface area contributed by atoms with Crippen LogP contribution < -0.4 is 5.32 Å². The van der Waals surface area contributed by atoms with Gasteiger partial charge in [0.25, 0.3) is 0 Å². The maximum absolute atomic E-state index is 10.6. The number of halogens is 1. The molecule has 0 aromatic rings. The lowest BCUT2D eigenvalue weighted by Gasteiger charge is -2.28. The van der Waals surface area contributed by atoms with Gasteiger partial charge >= 0.3 is 0 Å². The Balaban J connectivity index is -0.000000252. The molecule has 5 heteroatoms. The van der Waals surface area contributed by atoms with Crippen LogP contribution in [0.15, 0.2) is 0 Å². The third-order valence-corrected chi connectivity index (χ3v) is 3.67. The summed E-state index contributed by atoms with van der Waals surface area (Å²) in [6.45, 7) is 4.43. The number of hydrogen-bond donors (Lipinski definition) is 1. The number of nitrogens with zero attached hydrogens (tertiary/aromatic N) is 2.